The summed E-state index contributed by atoms with van der Waals surface area (Å²) in [6.07, 6.45) is 2.76. The van der Waals surface area contributed by atoms with Gasteiger partial charge < -0.3 is 0 Å². The summed E-state index contributed by atoms with van der Waals surface area (Å²) in [5, 5.41) is 1.28. The van der Waals surface area contributed by atoms with E-state index in [1.807, 2.05) is 18.2 Å². The number of rotatable bonds is 5. The number of hydrogen-bond acceptors (Lipinski definition) is 0. The van der Waals surface area contributed by atoms with Crippen molar-refractivity contribution in [3.05, 3.63) is 69.2 Å². The number of hydrogen-bond donors (Lipinski definition) is 0. The largest absolute Gasteiger partial charge is 0.123 e. The first-order valence-corrected chi connectivity index (χ1v) is 7.88. The summed E-state index contributed by atoms with van der Waals surface area (Å²) in [6, 6.07) is 14.1. The van der Waals surface area contributed by atoms with Crippen molar-refractivity contribution in [3.8, 4) is 0 Å². The lowest BCUT2D eigenvalue weighted by Gasteiger charge is -2.11. The molecule has 0 aliphatic carbocycles. The van der Waals surface area contributed by atoms with Gasteiger partial charge in [-0.3, -0.25) is 0 Å². The van der Waals surface area contributed by atoms with Crippen molar-refractivity contribution in [2.75, 3.05) is 0 Å². The summed E-state index contributed by atoms with van der Waals surface area (Å²) >= 11 is 18.4. The Morgan fingerprint density at radius 2 is 1.75 bits per heavy atom. The number of halogens is 3. The molecule has 0 nitrogen and oxygen atoms in total. The second kappa shape index (κ2) is 7.36. The average molecular weight is 328 g/mol. The summed E-state index contributed by atoms with van der Waals surface area (Å²) in [6.45, 7) is 2.14. The van der Waals surface area contributed by atoms with E-state index in [0.29, 0.717) is 10.0 Å². The van der Waals surface area contributed by atoms with Crippen LogP contribution in [0.25, 0.3) is 0 Å². The average Bonchev–Trinajstić information content (AvgIpc) is 2.42. The first kappa shape index (κ1) is 15.7. The van der Waals surface area contributed by atoms with E-state index in [9.17, 15) is 0 Å². The van der Waals surface area contributed by atoms with Gasteiger partial charge in [0.2, 0.25) is 0 Å². The Kier molecular flexibility index (Phi) is 5.77. The van der Waals surface area contributed by atoms with Crippen molar-refractivity contribution < 1.29 is 0 Å². The van der Waals surface area contributed by atoms with E-state index in [0.717, 1.165) is 24.8 Å². The first-order chi connectivity index (χ1) is 9.56. The number of alkyl halides is 1. The zero-order chi connectivity index (χ0) is 14.5. The first-order valence-electron chi connectivity index (χ1n) is 6.69. The van der Waals surface area contributed by atoms with E-state index in [1.54, 1.807) is 0 Å². The van der Waals surface area contributed by atoms with Gasteiger partial charge in [-0.15, -0.1) is 11.6 Å². The molecule has 0 bridgehead atoms. The summed E-state index contributed by atoms with van der Waals surface area (Å²) in [5.41, 5.74) is 3.82. The molecule has 0 aliphatic rings. The maximum Gasteiger partial charge on any atom is 0.0595 e. The van der Waals surface area contributed by atoms with Crippen molar-refractivity contribution in [2.24, 2.45) is 0 Å². The molecule has 20 heavy (non-hydrogen) atoms. The molecule has 0 N–H and O–H groups in total. The van der Waals surface area contributed by atoms with Gasteiger partial charge >= 0.3 is 0 Å². The van der Waals surface area contributed by atoms with Crippen LogP contribution in [0.5, 0.6) is 0 Å². The summed E-state index contributed by atoms with van der Waals surface area (Å²) in [7, 11) is 0. The van der Waals surface area contributed by atoms with Gasteiger partial charge in [-0.1, -0.05) is 53.5 Å². The van der Waals surface area contributed by atoms with Crippen LogP contribution in [-0.4, -0.2) is 5.38 Å². The van der Waals surface area contributed by atoms with Gasteiger partial charge in [-0.25, -0.2) is 0 Å². The monoisotopic (exact) mass is 326 g/mol. The summed E-state index contributed by atoms with van der Waals surface area (Å²) in [4.78, 5) is 0. The second-order valence-electron chi connectivity index (χ2n) is 5.02. The van der Waals surface area contributed by atoms with Gasteiger partial charge in [-0.05, 0) is 55.0 Å². The van der Waals surface area contributed by atoms with Crippen molar-refractivity contribution in [2.45, 2.75) is 31.6 Å². The highest BCUT2D eigenvalue weighted by atomic mass is 35.5. The fraction of sp³-hybridized carbons (Fsp3) is 0.294. The zero-order valence-corrected chi connectivity index (χ0v) is 13.6. The molecule has 0 amide bonds. The molecule has 1 atom stereocenters. The van der Waals surface area contributed by atoms with Gasteiger partial charge in [0.25, 0.3) is 0 Å². The fourth-order valence-corrected chi connectivity index (χ4v) is 2.84. The molecule has 3 heteroatoms. The lowest BCUT2D eigenvalue weighted by atomic mass is 10.0. The Labute approximate surface area is 135 Å². The third kappa shape index (κ3) is 4.41. The Bertz CT molecular complexity index is 578. The predicted molar refractivity (Wildman–Crippen MR) is 89.3 cm³/mol. The van der Waals surface area contributed by atoms with Gasteiger partial charge in [0.05, 0.1) is 10.0 Å². The lowest BCUT2D eigenvalue weighted by Crippen LogP contribution is -2.05. The van der Waals surface area contributed by atoms with E-state index < -0.39 is 0 Å². The molecular weight excluding hydrogens is 311 g/mol. The van der Waals surface area contributed by atoms with Crippen LogP contribution >= 0.6 is 34.8 Å². The normalized spacial score (nSPS) is 12.4. The van der Waals surface area contributed by atoms with E-state index in [-0.39, 0.29) is 5.38 Å². The molecule has 0 aromatic heterocycles. The van der Waals surface area contributed by atoms with Crippen molar-refractivity contribution >= 4 is 34.8 Å². The predicted octanol–water partition coefficient (Wildman–Crippen LogP) is 6.08. The maximum absolute atomic E-state index is 6.43. The van der Waals surface area contributed by atoms with Crippen LogP contribution in [0.2, 0.25) is 10.0 Å². The van der Waals surface area contributed by atoms with E-state index >= 15 is 0 Å². The molecule has 0 radical (unpaired) electrons. The molecule has 0 spiro atoms. The SMILES string of the molecule is Cc1ccccc1CCC(Cl)Cc1ccc(Cl)c(Cl)c1. The standard InChI is InChI=1S/C17H17Cl3/c1-12-4-2-3-5-14(12)7-8-15(18)10-13-6-9-16(19)17(20)11-13/h2-6,9,11,15H,7-8,10H2,1H3. The zero-order valence-electron chi connectivity index (χ0n) is 11.4. The van der Waals surface area contributed by atoms with E-state index in [2.05, 4.69) is 31.2 Å². The highest BCUT2D eigenvalue weighted by Crippen LogP contribution is 2.24. The number of benzene rings is 2. The van der Waals surface area contributed by atoms with Crippen LogP contribution < -0.4 is 0 Å². The minimum atomic E-state index is 0.104. The molecule has 106 valence electrons. The Morgan fingerprint density at radius 3 is 2.45 bits per heavy atom. The van der Waals surface area contributed by atoms with Crippen molar-refractivity contribution in [1.29, 1.82) is 0 Å². The van der Waals surface area contributed by atoms with Gasteiger partial charge in [-0.2, -0.15) is 0 Å². The quantitative estimate of drug-likeness (QED) is 0.583. The molecule has 0 aliphatic heterocycles. The minimum absolute atomic E-state index is 0.104. The van der Waals surface area contributed by atoms with Gasteiger partial charge in [0.1, 0.15) is 0 Å². The molecule has 0 heterocycles. The molecular formula is C17H17Cl3. The van der Waals surface area contributed by atoms with Gasteiger partial charge in [0, 0.05) is 5.38 Å². The highest BCUT2D eigenvalue weighted by molar-refractivity contribution is 6.42. The molecule has 2 aromatic rings. The smallest absolute Gasteiger partial charge is 0.0595 e. The fourth-order valence-electron chi connectivity index (χ4n) is 2.23. The van der Waals surface area contributed by atoms with Crippen LogP contribution in [0, 0.1) is 6.92 Å². The Hall–Kier alpha value is -0.690. The third-order valence-corrected chi connectivity index (χ3v) is 4.54. The van der Waals surface area contributed by atoms with Crippen molar-refractivity contribution in [3.63, 3.8) is 0 Å². The Morgan fingerprint density at radius 1 is 1.00 bits per heavy atom. The van der Waals surface area contributed by atoms with E-state index in [4.69, 9.17) is 34.8 Å². The van der Waals surface area contributed by atoms with Crippen LogP contribution in [-0.2, 0) is 12.8 Å². The van der Waals surface area contributed by atoms with Crippen LogP contribution in [0.15, 0.2) is 42.5 Å². The molecule has 0 saturated heterocycles. The molecule has 0 fully saturated rings. The topological polar surface area (TPSA) is 0 Å². The molecule has 1 unspecified atom stereocenters. The van der Waals surface area contributed by atoms with Gasteiger partial charge in [0.15, 0.2) is 0 Å². The number of aryl methyl sites for hydroxylation is 2. The maximum atomic E-state index is 6.43. The van der Waals surface area contributed by atoms with Crippen molar-refractivity contribution in [1.82, 2.24) is 0 Å². The molecule has 2 rings (SSSR count). The molecule has 0 saturated carbocycles. The van der Waals surface area contributed by atoms with Crippen LogP contribution in [0.4, 0.5) is 0 Å². The summed E-state index contributed by atoms with van der Waals surface area (Å²) < 4.78 is 0. The molecule has 2 aromatic carbocycles. The Balaban J connectivity index is 1.91. The lowest BCUT2D eigenvalue weighted by molar-refractivity contribution is 0.741. The second-order valence-corrected chi connectivity index (χ2v) is 6.45. The van der Waals surface area contributed by atoms with Crippen LogP contribution in [0.3, 0.4) is 0 Å². The highest BCUT2D eigenvalue weighted by Gasteiger charge is 2.09. The van der Waals surface area contributed by atoms with E-state index in [1.165, 1.54) is 11.1 Å². The minimum Gasteiger partial charge on any atom is -0.123 e. The summed E-state index contributed by atoms with van der Waals surface area (Å²) in [5.74, 6) is 0. The third-order valence-electron chi connectivity index (χ3n) is 3.43. The van der Waals surface area contributed by atoms with Crippen LogP contribution in [0.1, 0.15) is 23.1 Å².